The van der Waals surface area contributed by atoms with Gasteiger partial charge in [-0.25, -0.2) is 0 Å². The van der Waals surface area contributed by atoms with E-state index in [9.17, 15) is 0 Å². The Bertz CT molecular complexity index is 447. The predicted octanol–water partition coefficient (Wildman–Crippen LogP) is 6.76. The van der Waals surface area contributed by atoms with E-state index >= 15 is 0 Å². The van der Waals surface area contributed by atoms with E-state index in [4.69, 9.17) is 4.98 Å². The van der Waals surface area contributed by atoms with Crippen molar-refractivity contribution in [2.75, 3.05) is 0 Å². The molecule has 0 spiro atoms. The minimum Gasteiger partial charge on any atom is -0.257 e. The minimum atomic E-state index is 0.112. The van der Waals surface area contributed by atoms with Crippen LogP contribution in [0.2, 0.25) is 0 Å². The van der Waals surface area contributed by atoms with Crippen LogP contribution < -0.4 is 0 Å². The second-order valence-electron chi connectivity index (χ2n) is 8.91. The lowest BCUT2D eigenvalue weighted by atomic mass is 9.73. The Balaban J connectivity index is 0.00000211. The van der Waals surface area contributed by atoms with Crippen molar-refractivity contribution in [1.82, 2.24) is 4.98 Å². The second-order valence-corrected chi connectivity index (χ2v) is 8.91. The Morgan fingerprint density at radius 3 is 1.73 bits per heavy atom. The van der Waals surface area contributed by atoms with Crippen LogP contribution in [-0.4, -0.2) is 4.98 Å². The molecule has 1 aromatic rings. The quantitative estimate of drug-likeness (QED) is 0.599. The molecule has 1 heterocycles. The summed E-state index contributed by atoms with van der Waals surface area (Å²) in [5.41, 5.74) is 2.98. The zero-order chi connectivity index (χ0) is 17.8. The van der Waals surface area contributed by atoms with Gasteiger partial charge in [-0.15, -0.1) is 0 Å². The van der Waals surface area contributed by atoms with Gasteiger partial charge in [0.15, 0.2) is 0 Å². The third kappa shape index (κ3) is 5.74. The Morgan fingerprint density at radius 1 is 0.864 bits per heavy atom. The molecule has 1 nitrogen and oxygen atoms in total. The Hall–Kier alpha value is -0.850. The molecule has 0 aliphatic heterocycles. The molecule has 0 saturated carbocycles. The van der Waals surface area contributed by atoms with Crippen LogP contribution in [0.4, 0.5) is 0 Å². The largest absolute Gasteiger partial charge is 0.257 e. The maximum Gasteiger partial charge on any atom is 0.0465 e. The number of aromatic nitrogens is 1. The van der Waals surface area contributed by atoms with Gasteiger partial charge >= 0.3 is 0 Å². The first kappa shape index (κ1) is 21.1. The maximum absolute atomic E-state index is 5.02. The molecule has 0 atom stereocenters. The predicted molar refractivity (Wildman–Crippen MR) is 101 cm³/mol. The molecular weight excluding hydrogens is 266 g/mol. The van der Waals surface area contributed by atoms with Gasteiger partial charge in [-0.3, -0.25) is 4.98 Å². The van der Waals surface area contributed by atoms with Crippen LogP contribution in [0.1, 0.15) is 94.0 Å². The molecule has 0 N–H and O–H groups in total. The van der Waals surface area contributed by atoms with Gasteiger partial charge in [0.05, 0.1) is 0 Å². The molecular formula is C21H39N. The lowest BCUT2D eigenvalue weighted by molar-refractivity contribution is 0.277. The third-order valence-corrected chi connectivity index (χ3v) is 4.52. The highest BCUT2D eigenvalue weighted by atomic mass is 14.8. The highest BCUT2D eigenvalue weighted by Gasteiger charge is 2.31. The fourth-order valence-electron chi connectivity index (χ4n) is 2.88. The van der Waals surface area contributed by atoms with E-state index in [1.54, 1.807) is 0 Å². The van der Waals surface area contributed by atoms with Gasteiger partial charge in [0, 0.05) is 22.2 Å². The first-order valence-corrected chi connectivity index (χ1v) is 8.84. The Labute approximate surface area is 139 Å². The molecule has 0 saturated heterocycles. The van der Waals surface area contributed by atoms with Crippen molar-refractivity contribution in [3.8, 4) is 0 Å². The third-order valence-electron chi connectivity index (χ3n) is 4.52. The van der Waals surface area contributed by atoms with Crippen LogP contribution in [-0.2, 0) is 10.8 Å². The molecule has 1 heteroatoms. The van der Waals surface area contributed by atoms with E-state index in [0.717, 1.165) is 6.42 Å². The summed E-state index contributed by atoms with van der Waals surface area (Å²) in [6.45, 7) is 24.7. The van der Waals surface area contributed by atoms with Crippen LogP contribution in [0.3, 0.4) is 0 Å². The topological polar surface area (TPSA) is 12.9 Å². The Kier molecular flexibility index (Phi) is 7.32. The molecule has 1 aromatic heterocycles. The van der Waals surface area contributed by atoms with Gasteiger partial charge in [-0.05, 0) is 29.9 Å². The minimum absolute atomic E-state index is 0.112. The smallest absolute Gasteiger partial charge is 0.0465 e. The van der Waals surface area contributed by atoms with Crippen LogP contribution in [0.15, 0.2) is 18.2 Å². The van der Waals surface area contributed by atoms with Crippen molar-refractivity contribution in [2.45, 2.75) is 93.4 Å². The van der Waals surface area contributed by atoms with Gasteiger partial charge in [0.1, 0.15) is 0 Å². The van der Waals surface area contributed by atoms with Crippen LogP contribution in [0, 0.1) is 11.3 Å². The fourth-order valence-corrected chi connectivity index (χ4v) is 2.88. The van der Waals surface area contributed by atoms with Crippen molar-refractivity contribution >= 4 is 0 Å². The molecule has 0 radical (unpaired) electrons. The van der Waals surface area contributed by atoms with E-state index in [-0.39, 0.29) is 10.8 Å². The van der Waals surface area contributed by atoms with Gasteiger partial charge < -0.3 is 0 Å². The maximum atomic E-state index is 5.02. The van der Waals surface area contributed by atoms with Gasteiger partial charge in [0.25, 0.3) is 0 Å². The molecule has 0 aliphatic rings. The first-order valence-electron chi connectivity index (χ1n) is 8.84. The average molecular weight is 306 g/mol. The lowest BCUT2D eigenvalue weighted by Crippen LogP contribution is -2.30. The molecule has 0 bridgehead atoms. The van der Waals surface area contributed by atoms with E-state index in [2.05, 4.69) is 80.5 Å². The normalized spacial score (nSPS) is 12.9. The lowest BCUT2D eigenvalue weighted by Gasteiger charge is -2.34. The van der Waals surface area contributed by atoms with Crippen LogP contribution >= 0.6 is 0 Å². The molecule has 22 heavy (non-hydrogen) atoms. The number of rotatable bonds is 4. The van der Waals surface area contributed by atoms with Crippen LogP contribution in [0.5, 0.6) is 0 Å². The second kappa shape index (κ2) is 7.62. The van der Waals surface area contributed by atoms with Crippen molar-refractivity contribution < 1.29 is 0 Å². The fraction of sp³-hybridized carbons (Fsp3) is 0.762. The van der Waals surface area contributed by atoms with E-state index in [1.165, 1.54) is 11.4 Å². The summed E-state index contributed by atoms with van der Waals surface area (Å²) in [5, 5.41) is 0. The summed E-state index contributed by atoms with van der Waals surface area (Å²) in [5.74, 6) is 0.580. The zero-order valence-electron chi connectivity index (χ0n) is 17.0. The highest BCUT2D eigenvalue weighted by Crippen LogP contribution is 2.37. The summed E-state index contributed by atoms with van der Waals surface area (Å²) in [7, 11) is 0. The van der Waals surface area contributed by atoms with Crippen molar-refractivity contribution in [2.24, 2.45) is 11.3 Å². The van der Waals surface area contributed by atoms with Gasteiger partial charge in [-0.1, -0.05) is 82.2 Å². The number of hydrogen-bond donors (Lipinski definition) is 0. The molecule has 1 rings (SSSR count). The van der Waals surface area contributed by atoms with Crippen molar-refractivity contribution in [3.05, 3.63) is 29.6 Å². The summed E-state index contributed by atoms with van der Waals surface area (Å²) >= 11 is 0. The van der Waals surface area contributed by atoms with E-state index in [1.807, 2.05) is 13.8 Å². The molecule has 0 fully saturated rings. The van der Waals surface area contributed by atoms with Crippen molar-refractivity contribution in [3.63, 3.8) is 0 Å². The molecule has 0 unspecified atom stereocenters. The monoisotopic (exact) mass is 305 g/mol. The van der Waals surface area contributed by atoms with E-state index < -0.39 is 0 Å². The first-order chi connectivity index (χ1) is 9.86. The molecule has 0 amide bonds. The summed E-state index contributed by atoms with van der Waals surface area (Å²) in [4.78, 5) is 5.02. The number of nitrogens with zero attached hydrogens (tertiary/aromatic N) is 1. The average Bonchev–Trinajstić information content (AvgIpc) is 2.38. The summed E-state index contributed by atoms with van der Waals surface area (Å²) in [6, 6.07) is 6.54. The van der Waals surface area contributed by atoms with Gasteiger partial charge in [-0.2, -0.15) is 0 Å². The number of pyridine rings is 1. The standard InChI is InChI=1S/C19H33N.C2H6/c1-14(2)19(8,9)16-12-10-11-15(20-16)18(6,7)13-17(3,4)5;1-2/h10-12,14H,13H2,1-9H3;1-2H3. The van der Waals surface area contributed by atoms with Gasteiger partial charge in [0.2, 0.25) is 0 Å². The zero-order valence-corrected chi connectivity index (χ0v) is 17.0. The SMILES string of the molecule is CC.CC(C)C(C)(C)c1cccc(C(C)(C)CC(C)(C)C)n1. The highest BCUT2D eigenvalue weighted by molar-refractivity contribution is 5.23. The molecule has 0 aromatic carbocycles. The molecule has 0 aliphatic carbocycles. The van der Waals surface area contributed by atoms with E-state index in [0.29, 0.717) is 11.3 Å². The molecule has 128 valence electrons. The van der Waals surface area contributed by atoms with Crippen molar-refractivity contribution in [1.29, 1.82) is 0 Å². The summed E-state index contributed by atoms with van der Waals surface area (Å²) in [6.07, 6.45) is 1.14. The Morgan fingerprint density at radius 2 is 1.32 bits per heavy atom. The summed E-state index contributed by atoms with van der Waals surface area (Å²) < 4.78 is 0. The van der Waals surface area contributed by atoms with Crippen LogP contribution in [0.25, 0.3) is 0 Å². The number of hydrogen-bond acceptors (Lipinski definition) is 1.